The molecule has 0 saturated carbocycles. The first-order valence-electron chi connectivity index (χ1n) is 3.31. The molecule has 0 unspecified atom stereocenters. The summed E-state index contributed by atoms with van der Waals surface area (Å²) in [5, 5.41) is 8.64. The van der Waals surface area contributed by atoms with Crippen molar-refractivity contribution in [2.24, 2.45) is 0 Å². The number of thiophene rings is 1. The minimum absolute atomic E-state index is 0.794. The van der Waals surface area contributed by atoms with E-state index in [2.05, 4.69) is 12.6 Å². The van der Waals surface area contributed by atoms with Gasteiger partial charge in [-0.25, -0.2) is 0 Å². The third kappa shape index (κ3) is 1.50. The zero-order valence-corrected chi connectivity index (χ0v) is 7.46. The number of nitrogens with zero attached hydrogens (tertiary/aromatic N) is 1. The van der Waals surface area contributed by atoms with Gasteiger partial charge in [-0.05, 0) is 31.1 Å². The van der Waals surface area contributed by atoms with Crippen molar-refractivity contribution in [1.82, 2.24) is 0 Å². The van der Waals surface area contributed by atoms with Crippen LogP contribution in [-0.2, 0) is 0 Å². The Balaban J connectivity index is 3.18. The normalized spacial score (nSPS) is 9.18. The molecule has 0 spiro atoms. The highest BCUT2D eigenvalue weighted by Gasteiger charge is 2.03. The zero-order chi connectivity index (χ0) is 8.43. The fourth-order valence-corrected chi connectivity index (χ4v) is 1.70. The van der Waals surface area contributed by atoms with E-state index in [1.54, 1.807) is 0 Å². The second kappa shape index (κ2) is 2.89. The van der Waals surface area contributed by atoms with Gasteiger partial charge in [-0.2, -0.15) is 5.26 Å². The molecule has 1 aromatic heterocycles. The van der Waals surface area contributed by atoms with Gasteiger partial charge in [0.1, 0.15) is 10.9 Å². The second-order valence-corrected chi connectivity index (χ2v) is 3.57. The summed E-state index contributed by atoms with van der Waals surface area (Å²) in [7, 11) is 0. The van der Waals surface area contributed by atoms with Crippen LogP contribution in [0.5, 0.6) is 0 Å². The minimum atomic E-state index is 0.794. The molecule has 1 nitrogen and oxygen atoms in total. The van der Waals surface area contributed by atoms with Crippen molar-refractivity contribution in [1.29, 1.82) is 5.26 Å². The van der Waals surface area contributed by atoms with E-state index in [4.69, 9.17) is 5.26 Å². The number of rotatable bonds is 1. The lowest BCUT2D eigenvalue weighted by atomic mass is 10.2. The molecule has 0 aliphatic carbocycles. The van der Waals surface area contributed by atoms with Crippen molar-refractivity contribution in [3.05, 3.63) is 28.0 Å². The molecule has 56 valence electrons. The molecule has 0 radical (unpaired) electrons. The van der Waals surface area contributed by atoms with Crippen LogP contribution in [0.2, 0.25) is 0 Å². The Labute approximate surface area is 70.6 Å². The Hall–Kier alpha value is -1.07. The van der Waals surface area contributed by atoms with Gasteiger partial charge < -0.3 is 0 Å². The predicted molar refractivity (Wildman–Crippen MR) is 48.5 cm³/mol. The van der Waals surface area contributed by atoms with Crippen molar-refractivity contribution in [2.45, 2.75) is 13.8 Å². The van der Waals surface area contributed by atoms with E-state index in [9.17, 15) is 0 Å². The van der Waals surface area contributed by atoms with Gasteiger partial charge in [-0.15, -0.1) is 11.3 Å². The first kappa shape index (κ1) is 8.03. The standard InChI is InChI=1S/C9H9NS/c1-6(2)8-4-7(3)9(5-10)11-8/h4H,1H2,2-3H3. The topological polar surface area (TPSA) is 23.8 Å². The van der Waals surface area contributed by atoms with E-state index in [0.29, 0.717) is 0 Å². The third-order valence-corrected chi connectivity index (χ3v) is 2.74. The summed E-state index contributed by atoms with van der Waals surface area (Å²) in [6.07, 6.45) is 0. The number of hydrogen-bond donors (Lipinski definition) is 0. The van der Waals surface area contributed by atoms with Gasteiger partial charge >= 0.3 is 0 Å². The molecular weight excluding hydrogens is 154 g/mol. The van der Waals surface area contributed by atoms with E-state index in [1.807, 2.05) is 19.9 Å². The van der Waals surface area contributed by atoms with Crippen LogP contribution < -0.4 is 0 Å². The average molecular weight is 163 g/mol. The number of nitriles is 1. The van der Waals surface area contributed by atoms with Gasteiger partial charge in [0.2, 0.25) is 0 Å². The summed E-state index contributed by atoms with van der Waals surface area (Å²) in [5.74, 6) is 0. The average Bonchev–Trinajstić information content (AvgIpc) is 2.31. The Morgan fingerprint density at radius 1 is 1.73 bits per heavy atom. The fourth-order valence-electron chi connectivity index (χ4n) is 0.803. The lowest BCUT2D eigenvalue weighted by Crippen LogP contribution is -1.66. The molecule has 0 aliphatic heterocycles. The molecular formula is C9H9NS. The molecule has 1 heterocycles. The van der Waals surface area contributed by atoms with Crippen LogP contribution in [0, 0.1) is 18.3 Å². The monoisotopic (exact) mass is 163 g/mol. The van der Waals surface area contributed by atoms with Crippen LogP contribution in [0.1, 0.15) is 22.2 Å². The molecule has 11 heavy (non-hydrogen) atoms. The summed E-state index contributed by atoms with van der Waals surface area (Å²) in [5.41, 5.74) is 2.08. The first-order chi connectivity index (χ1) is 5.15. The maximum Gasteiger partial charge on any atom is 0.110 e. The summed E-state index contributed by atoms with van der Waals surface area (Å²) in [6.45, 7) is 7.71. The van der Waals surface area contributed by atoms with Crippen molar-refractivity contribution in [3.63, 3.8) is 0 Å². The molecule has 0 atom stereocenters. The van der Waals surface area contributed by atoms with Crippen LogP contribution in [-0.4, -0.2) is 0 Å². The van der Waals surface area contributed by atoms with Gasteiger partial charge in [0.15, 0.2) is 0 Å². The van der Waals surface area contributed by atoms with Gasteiger partial charge in [-0.3, -0.25) is 0 Å². The van der Waals surface area contributed by atoms with E-state index >= 15 is 0 Å². The molecule has 0 bridgehead atoms. The molecule has 0 fully saturated rings. The second-order valence-electron chi connectivity index (χ2n) is 2.51. The van der Waals surface area contributed by atoms with E-state index < -0.39 is 0 Å². The van der Waals surface area contributed by atoms with Crippen molar-refractivity contribution >= 4 is 16.9 Å². The molecule has 0 aliphatic rings. The number of aryl methyl sites for hydroxylation is 1. The van der Waals surface area contributed by atoms with Crippen LogP contribution >= 0.6 is 11.3 Å². The maximum atomic E-state index is 8.64. The summed E-state index contributed by atoms with van der Waals surface area (Å²) in [6, 6.07) is 4.15. The largest absolute Gasteiger partial charge is 0.192 e. The van der Waals surface area contributed by atoms with Crippen LogP contribution in [0.3, 0.4) is 0 Å². The third-order valence-electron chi connectivity index (χ3n) is 1.44. The smallest absolute Gasteiger partial charge is 0.110 e. The van der Waals surface area contributed by atoms with Crippen molar-refractivity contribution < 1.29 is 0 Å². The quantitative estimate of drug-likeness (QED) is 0.624. The molecule has 0 N–H and O–H groups in total. The summed E-state index contributed by atoms with van der Waals surface area (Å²) < 4.78 is 0. The highest BCUT2D eigenvalue weighted by molar-refractivity contribution is 7.13. The van der Waals surface area contributed by atoms with E-state index in [-0.39, 0.29) is 0 Å². The molecule has 1 rings (SSSR count). The Morgan fingerprint density at radius 2 is 2.36 bits per heavy atom. The van der Waals surface area contributed by atoms with E-state index in [1.165, 1.54) is 11.3 Å². The molecule has 2 heteroatoms. The summed E-state index contributed by atoms with van der Waals surface area (Å²) >= 11 is 1.51. The Kier molecular flexibility index (Phi) is 2.11. The summed E-state index contributed by atoms with van der Waals surface area (Å²) in [4.78, 5) is 1.90. The predicted octanol–water partition coefficient (Wildman–Crippen LogP) is 2.96. The fraction of sp³-hybridized carbons (Fsp3) is 0.222. The first-order valence-corrected chi connectivity index (χ1v) is 4.13. The van der Waals surface area contributed by atoms with Crippen LogP contribution in [0.15, 0.2) is 12.6 Å². The van der Waals surface area contributed by atoms with Gasteiger partial charge in [0.25, 0.3) is 0 Å². The SMILES string of the molecule is C=C(C)c1cc(C)c(C#N)s1. The Morgan fingerprint density at radius 3 is 2.64 bits per heavy atom. The van der Waals surface area contributed by atoms with Gasteiger partial charge in [0, 0.05) is 4.88 Å². The van der Waals surface area contributed by atoms with Crippen molar-refractivity contribution in [2.75, 3.05) is 0 Å². The van der Waals surface area contributed by atoms with Gasteiger partial charge in [0.05, 0.1) is 0 Å². The lowest BCUT2D eigenvalue weighted by molar-refractivity contribution is 1.46. The molecule has 1 aromatic rings. The highest BCUT2D eigenvalue weighted by atomic mass is 32.1. The van der Waals surface area contributed by atoms with Crippen molar-refractivity contribution in [3.8, 4) is 6.07 Å². The Bertz CT molecular complexity index is 328. The van der Waals surface area contributed by atoms with Crippen LogP contribution in [0.25, 0.3) is 5.57 Å². The number of allylic oxidation sites excluding steroid dienone is 1. The minimum Gasteiger partial charge on any atom is -0.192 e. The molecule has 0 aromatic carbocycles. The highest BCUT2D eigenvalue weighted by Crippen LogP contribution is 2.25. The molecule has 0 saturated heterocycles. The van der Waals surface area contributed by atoms with Gasteiger partial charge in [-0.1, -0.05) is 6.58 Å². The lowest BCUT2D eigenvalue weighted by Gasteiger charge is -1.87. The zero-order valence-electron chi connectivity index (χ0n) is 6.64. The van der Waals surface area contributed by atoms with Crippen LogP contribution in [0.4, 0.5) is 0 Å². The number of hydrogen-bond acceptors (Lipinski definition) is 2. The molecule has 0 amide bonds. The van der Waals surface area contributed by atoms with E-state index in [0.717, 1.165) is 20.9 Å². The maximum absolute atomic E-state index is 8.64.